The Hall–Kier alpha value is -2.61. The second kappa shape index (κ2) is 5.57. The molecule has 0 spiro atoms. The van der Waals surface area contributed by atoms with Gasteiger partial charge in [-0.25, -0.2) is 0 Å². The minimum Gasteiger partial charge on any atom is -0.497 e. The van der Waals surface area contributed by atoms with E-state index in [4.69, 9.17) is 4.74 Å². The van der Waals surface area contributed by atoms with E-state index in [1.807, 2.05) is 24.4 Å². The van der Waals surface area contributed by atoms with E-state index >= 15 is 0 Å². The number of methoxy groups -OCH3 is 1. The molecule has 2 nitrogen and oxygen atoms in total. The molecule has 3 rings (SSSR count). The Morgan fingerprint density at radius 2 is 1.25 bits per heavy atom. The second-order valence-electron chi connectivity index (χ2n) is 4.55. The molecule has 1 aromatic heterocycles. The molecule has 20 heavy (non-hydrogen) atoms. The predicted octanol–water partition coefficient (Wildman–Crippen LogP) is 4.42. The lowest BCUT2D eigenvalue weighted by atomic mass is 10.0. The Balaban J connectivity index is 1.89. The number of benzene rings is 2. The highest BCUT2D eigenvalue weighted by atomic mass is 16.5. The van der Waals surface area contributed by atoms with E-state index in [0.29, 0.717) is 0 Å². The number of rotatable bonds is 3. The van der Waals surface area contributed by atoms with Crippen LogP contribution in [0.4, 0.5) is 0 Å². The lowest BCUT2D eigenvalue weighted by Gasteiger charge is -2.06. The summed E-state index contributed by atoms with van der Waals surface area (Å²) in [6, 6.07) is 20.6. The van der Waals surface area contributed by atoms with Crippen LogP contribution >= 0.6 is 0 Å². The zero-order chi connectivity index (χ0) is 13.8. The summed E-state index contributed by atoms with van der Waals surface area (Å²) >= 11 is 0. The van der Waals surface area contributed by atoms with Gasteiger partial charge in [0.1, 0.15) is 5.75 Å². The maximum atomic E-state index is 5.18. The number of hydrogen-bond donors (Lipinski definition) is 0. The van der Waals surface area contributed by atoms with Gasteiger partial charge in [-0.15, -0.1) is 0 Å². The van der Waals surface area contributed by atoms with Crippen LogP contribution in [0.15, 0.2) is 73.1 Å². The van der Waals surface area contributed by atoms with Crippen LogP contribution in [-0.2, 0) is 0 Å². The lowest BCUT2D eigenvalue weighted by Crippen LogP contribution is -1.83. The molecule has 2 aromatic carbocycles. The summed E-state index contributed by atoms with van der Waals surface area (Å²) in [6.07, 6.45) is 3.66. The van der Waals surface area contributed by atoms with Gasteiger partial charge in [-0.2, -0.15) is 0 Å². The van der Waals surface area contributed by atoms with Gasteiger partial charge in [-0.05, 0) is 40.5 Å². The summed E-state index contributed by atoms with van der Waals surface area (Å²) in [5.41, 5.74) is 4.69. The second-order valence-corrected chi connectivity index (χ2v) is 4.55. The molecule has 0 saturated carbocycles. The van der Waals surface area contributed by atoms with E-state index in [1.165, 1.54) is 16.7 Å². The molecule has 0 unspecified atom stereocenters. The molecule has 0 atom stereocenters. The molecule has 0 radical (unpaired) electrons. The lowest BCUT2D eigenvalue weighted by molar-refractivity contribution is 0.415. The fraction of sp³-hybridized carbons (Fsp3) is 0.0556. The van der Waals surface area contributed by atoms with Crippen molar-refractivity contribution in [2.24, 2.45) is 0 Å². The first-order valence-electron chi connectivity index (χ1n) is 6.52. The molecule has 0 aliphatic rings. The van der Waals surface area contributed by atoms with E-state index in [1.54, 1.807) is 13.3 Å². The fourth-order valence-electron chi connectivity index (χ4n) is 2.17. The first kappa shape index (κ1) is 12.4. The summed E-state index contributed by atoms with van der Waals surface area (Å²) in [7, 11) is 1.68. The van der Waals surface area contributed by atoms with Crippen molar-refractivity contribution in [2.45, 2.75) is 0 Å². The van der Waals surface area contributed by atoms with Gasteiger partial charge in [-0.1, -0.05) is 42.5 Å². The molecule has 3 aromatic rings. The minimum atomic E-state index is 0.876. The molecule has 0 amide bonds. The van der Waals surface area contributed by atoms with Gasteiger partial charge in [0.05, 0.1) is 7.11 Å². The third-order valence-corrected chi connectivity index (χ3v) is 3.30. The molecule has 0 fully saturated rings. The van der Waals surface area contributed by atoms with Crippen molar-refractivity contribution in [1.29, 1.82) is 0 Å². The summed E-state index contributed by atoms with van der Waals surface area (Å²) in [4.78, 5) is 4.15. The molecular weight excluding hydrogens is 246 g/mol. The maximum absolute atomic E-state index is 5.18. The van der Waals surface area contributed by atoms with Crippen LogP contribution < -0.4 is 4.74 Å². The predicted molar refractivity (Wildman–Crippen MR) is 81.7 cm³/mol. The van der Waals surface area contributed by atoms with Crippen molar-refractivity contribution >= 4 is 0 Å². The Morgan fingerprint density at radius 1 is 0.700 bits per heavy atom. The standard InChI is InChI=1S/C18H15NO/c1-20-18-10-8-15(9-11-18)14-4-6-16(7-5-14)17-3-2-12-19-13-17/h2-13H,1H3. The van der Waals surface area contributed by atoms with Crippen LogP contribution in [0.2, 0.25) is 0 Å². The van der Waals surface area contributed by atoms with Gasteiger partial charge in [-0.3, -0.25) is 4.98 Å². The van der Waals surface area contributed by atoms with E-state index in [-0.39, 0.29) is 0 Å². The van der Waals surface area contributed by atoms with Crippen LogP contribution in [0.25, 0.3) is 22.3 Å². The highest BCUT2D eigenvalue weighted by Crippen LogP contribution is 2.25. The molecule has 0 saturated heterocycles. The molecule has 2 heteroatoms. The van der Waals surface area contributed by atoms with Crippen LogP contribution in [0.3, 0.4) is 0 Å². The molecule has 0 aliphatic heterocycles. The highest BCUT2D eigenvalue weighted by Gasteiger charge is 2.00. The topological polar surface area (TPSA) is 22.1 Å². The minimum absolute atomic E-state index is 0.876. The summed E-state index contributed by atoms with van der Waals surface area (Å²) in [6.45, 7) is 0. The van der Waals surface area contributed by atoms with E-state index < -0.39 is 0 Å². The molecule has 1 heterocycles. The van der Waals surface area contributed by atoms with Gasteiger partial charge in [0.2, 0.25) is 0 Å². The number of nitrogens with zero attached hydrogens (tertiary/aromatic N) is 1. The Kier molecular flexibility index (Phi) is 3.46. The average Bonchev–Trinajstić information content (AvgIpc) is 2.56. The first-order valence-corrected chi connectivity index (χ1v) is 6.52. The van der Waals surface area contributed by atoms with Gasteiger partial charge >= 0.3 is 0 Å². The van der Waals surface area contributed by atoms with E-state index in [2.05, 4.69) is 47.4 Å². The summed E-state index contributed by atoms with van der Waals surface area (Å²) < 4.78 is 5.18. The monoisotopic (exact) mass is 261 g/mol. The third-order valence-electron chi connectivity index (χ3n) is 3.30. The Labute approximate surface area is 118 Å². The van der Waals surface area contributed by atoms with Crippen LogP contribution in [0, 0.1) is 0 Å². The molecule has 0 aliphatic carbocycles. The number of pyridine rings is 1. The van der Waals surface area contributed by atoms with Crippen molar-refractivity contribution in [3.8, 4) is 28.0 Å². The van der Waals surface area contributed by atoms with Crippen molar-refractivity contribution in [1.82, 2.24) is 4.98 Å². The fourth-order valence-corrected chi connectivity index (χ4v) is 2.17. The molecule has 98 valence electrons. The van der Waals surface area contributed by atoms with Gasteiger partial charge < -0.3 is 4.74 Å². The molecular formula is C18H15NO. The third kappa shape index (κ3) is 2.54. The number of aromatic nitrogens is 1. The summed E-state index contributed by atoms with van der Waals surface area (Å²) in [5.74, 6) is 0.876. The smallest absolute Gasteiger partial charge is 0.118 e. The van der Waals surface area contributed by atoms with Crippen LogP contribution in [-0.4, -0.2) is 12.1 Å². The van der Waals surface area contributed by atoms with Crippen molar-refractivity contribution in [3.63, 3.8) is 0 Å². The maximum Gasteiger partial charge on any atom is 0.118 e. The van der Waals surface area contributed by atoms with Gasteiger partial charge in [0.15, 0.2) is 0 Å². The van der Waals surface area contributed by atoms with Crippen molar-refractivity contribution < 1.29 is 4.74 Å². The number of hydrogen-bond acceptors (Lipinski definition) is 2. The van der Waals surface area contributed by atoms with Gasteiger partial charge in [0.25, 0.3) is 0 Å². The molecule has 0 N–H and O–H groups in total. The van der Waals surface area contributed by atoms with Gasteiger partial charge in [0, 0.05) is 12.4 Å². The quantitative estimate of drug-likeness (QED) is 0.696. The van der Waals surface area contributed by atoms with Crippen LogP contribution in [0.5, 0.6) is 5.75 Å². The van der Waals surface area contributed by atoms with E-state index in [9.17, 15) is 0 Å². The summed E-state index contributed by atoms with van der Waals surface area (Å²) in [5, 5.41) is 0. The first-order chi connectivity index (χ1) is 9.86. The zero-order valence-electron chi connectivity index (χ0n) is 11.3. The van der Waals surface area contributed by atoms with Crippen molar-refractivity contribution in [2.75, 3.05) is 7.11 Å². The average molecular weight is 261 g/mol. The zero-order valence-corrected chi connectivity index (χ0v) is 11.3. The number of ether oxygens (including phenoxy) is 1. The normalized spacial score (nSPS) is 10.2. The highest BCUT2D eigenvalue weighted by molar-refractivity contribution is 5.70. The Bertz CT molecular complexity index is 673. The SMILES string of the molecule is COc1ccc(-c2ccc(-c3cccnc3)cc2)cc1. The van der Waals surface area contributed by atoms with Crippen LogP contribution in [0.1, 0.15) is 0 Å². The van der Waals surface area contributed by atoms with Crippen molar-refractivity contribution in [3.05, 3.63) is 73.1 Å². The van der Waals surface area contributed by atoms with E-state index in [0.717, 1.165) is 11.3 Å². The Morgan fingerprint density at radius 3 is 1.75 bits per heavy atom. The molecule has 0 bridgehead atoms. The largest absolute Gasteiger partial charge is 0.497 e.